The number of fused-ring (bicyclic) bond motifs is 1. The van der Waals surface area contributed by atoms with Gasteiger partial charge in [0.2, 0.25) is 5.91 Å². The normalized spacial score (nSPS) is 16.7. The van der Waals surface area contributed by atoms with Gasteiger partial charge in [0.05, 0.1) is 22.2 Å². The van der Waals surface area contributed by atoms with E-state index in [1.165, 1.54) is 16.3 Å². The molecule has 1 amide bonds. The molecule has 29 heavy (non-hydrogen) atoms. The van der Waals surface area contributed by atoms with Gasteiger partial charge in [-0.1, -0.05) is 48.7 Å². The number of benzene rings is 1. The summed E-state index contributed by atoms with van der Waals surface area (Å²) in [6.07, 6.45) is 5.90. The maximum Gasteiger partial charge on any atom is 0.262 e. The molecule has 3 rings (SSSR count). The summed E-state index contributed by atoms with van der Waals surface area (Å²) in [7, 11) is 0. The number of halogens is 1. The summed E-state index contributed by atoms with van der Waals surface area (Å²) in [5, 5.41) is 13.3. The van der Waals surface area contributed by atoms with Crippen molar-refractivity contribution in [2.24, 2.45) is 0 Å². The molecule has 2 aromatic rings. The molecule has 0 saturated heterocycles. The molecule has 0 spiro atoms. The third kappa shape index (κ3) is 4.65. The van der Waals surface area contributed by atoms with Crippen molar-refractivity contribution < 1.29 is 4.79 Å². The fraction of sp³-hybridized carbons (Fsp3) is 0.429. The first-order valence-corrected chi connectivity index (χ1v) is 10.9. The van der Waals surface area contributed by atoms with E-state index in [0.717, 1.165) is 19.3 Å². The van der Waals surface area contributed by atoms with Gasteiger partial charge in [-0.05, 0) is 38.0 Å². The molecule has 0 radical (unpaired) electrons. The monoisotopic (exact) mass is 430 g/mol. The van der Waals surface area contributed by atoms with Crippen LogP contribution in [0.5, 0.6) is 0 Å². The number of nitrogens with one attached hydrogen (secondary N) is 1. The summed E-state index contributed by atoms with van der Waals surface area (Å²) in [4.78, 5) is 30.3. The zero-order chi connectivity index (χ0) is 21.0. The van der Waals surface area contributed by atoms with E-state index in [1.807, 2.05) is 0 Å². The van der Waals surface area contributed by atoms with E-state index < -0.39 is 10.8 Å². The van der Waals surface area contributed by atoms with E-state index in [1.54, 1.807) is 31.2 Å². The fourth-order valence-electron chi connectivity index (χ4n) is 3.52. The van der Waals surface area contributed by atoms with Crippen molar-refractivity contribution in [2.75, 3.05) is 0 Å². The molecule has 1 saturated carbocycles. The Morgan fingerprint density at radius 3 is 2.86 bits per heavy atom. The second-order valence-corrected chi connectivity index (χ2v) is 9.01. The Morgan fingerprint density at radius 1 is 1.48 bits per heavy atom. The SMILES string of the molecule is C=CCn1c(SC(C)C(=O)NC2(C#N)CCCCC2)nc2ccc(Cl)cc2c1=O. The number of hydrogen-bond donors (Lipinski definition) is 1. The van der Waals surface area contributed by atoms with E-state index in [4.69, 9.17) is 11.6 Å². The fourth-order valence-corrected chi connectivity index (χ4v) is 4.61. The number of nitrogens with zero attached hydrogens (tertiary/aromatic N) is 3. The van der Waals surface area contributed by atoms with Crippen molar-refractivity contribution in [2.45, 2.75) is 61.5 Å². The number of thioether (sulfide) groups is 1. The van der Waals surface area contributed by atoms with Crippen molar-refractivity contribution in [1.82, 2.24) is 14.9 Å². The molecule has 1 atom stereocenters. The standard InChI is InChI=1S/C21H23ClN4O2S/c1-3-11-26-19(28)16-12-15(22)7-8-17(16)24-20(26)29-14(2)18(27)25-21(13-23)9-5-4-6-10-21/h3,7-8,12,14H,1,4-6,9-11H2,2H3,(H,25,27). The predicted octanol–water partition coefficient (Wildman–Crippen LogP) is 4.06. The number of nitriles is 1. The molecule has 1 unspecified atom stereocenters. The Labute approximate surface area is 179 Å². The van der Waals surface area contributed by atoms with Crippen LogP contribution in [0.15, 0.2) is 40.8 Å². The first kappa shape index (κ1) is 21.4. The van der Waals surface area contributed by atoms with Gasteiger partial charge < -0.3 is 5.32 Å². The highest BCUT2D eigenvalue weighted by atomic mass is 35.5. The maximum absolute atomic E-state index is 12.9. The highest BCUT2D eigenvalue weighted by Gasteiger charge is 2.35. The molecule has 0 bridgehead atoms. The average Bonchev–Trinajstić information content (AvgIpc) is 2.72. The number of allylic oxidation sites excluding steroid dienone is 1. The minimum atomic E-state index is -0.793. The largest absolute Gasteiger partial charge is 0.337 e. The molecule has 1 aromatic heterocycles. The van der Waals surface area contributed by atoms with Gasteiger partial charge in [-0.25, -0.2) is 4.98 Å². The number of carbonyl (C=O) groups excluding carboxylic acids is 1. The second-order valence-electron chi connectivity index (χ2n) is 7.26. The lowest BCUT2D eigenvalue weighted by Gasteiger charge is -2.32. The van der Waals surface area contributed by atoms with Crippen molar-refractivity contribution in [3.8, 4) is 6.07 Å². The van der Waals surface area contributed by atoms with Gasteiger partial charge in [-0.15, -0.1) is 6.58 Å². The molecule has 0 aliphatic heterocycles. The first-order valence-electron chi connectivity index (χ1n) is 9.60. The Kier molecular flexibility index (Phi) is 6.66. The van der Waals surface area contributed by atoms with Gasteiger partial charge in [-0.3, -0.25) is 14.2 Å². The molecule has 1 heterocycles. The zero-order valence-corrected chi connectivity index (χ0v) is 17.9. The van der Waals surface area contributed by atoms with Gasteiger partial charge >= 0.3 is 0 Å². The van der Waals surface area contributed by atoms with Crippen molar-refractivity contribution >= 4 is 40.2 Å². The second kappa shape index (κ2) is 9.02. The topological polar surface area (TPSA) is 87.8 Å². The van der Waals surface area contributed by atoms with Gasteiger partial charge in [-0.2, -0.15) is 5.26 Å². The van der Waals surface area contributed by atoms with Crippen LogP contribution >= 0.6 is 23.4 Å². The van der Waals surface area contributed by atoms with E-state index in [0.29, 0.717) is 33.9 Å². The molecule has 1 aliphatic carbocycles. The molecule has 1 fully saturated rings. The lowest BCUT2D eigenvalue weighted by atomic mass is 9.83. The van der Waals surface area contributed by atoms with Crippen LogP contribution < -0.4 is 10.9 Å². The lowest BCUT2D eigenvalue weighted by molar-refractivity contribution is -0.121. The van der Waals surface area contributed by atoms with Crippen LogP contribution in [0.1, 0.15) is 39.0 Å². The van der Waals surface area contributed by atoms with Crippen LogP contribution in [-0.4, -0.2) is 26.2 Å². The lowest BCUT2D eigenvalue weighted by Crippen LogP contribution is -2.51. The van der Waals surface area contributed by atoms with E-state index in [2.05, 4.69) is 22.9 Å². The number of hydrogen-bond acceptors (Lipinski definition) is 5. The van der Waals surface area contributed by atoms with Gasteiger partial charge in [0, 0.05) is 11.6 Å². The number of rotatable bonds is 6. The quantitative estimate of drug-likeness (QED) is 0.424. The number of carbonyl (C=O) groups is 1. The third-order valence-electron chi connectivity index (χ3n) is 5.13. The first-order chi connectivity index (χ1) is 13.9. The Hall–Kier alpha value is -2.30. The molecule has 6 nitrogen and oxygen atoms in total. The van der Waals surface area contributed by atoms with E-state index in [-0.39, 0.29) is 18.0 Å². The smallest absolute Gasteiger partial charge is 0.262 e. The molecule has 8 heteroatoms. The highest BCUT2D eigenvalue weighted by Crippen LogP contribution is 2.29. The minimum Gasteiger partial charge on any atom is -0.337 e. The minimum absolute atomic E-state index is 0.228. The third-order valence-corrected chi connectivity index (χ3v) is 6.45. The van der Waals surface area contributed by atoms with Crippen LogP contribution in [0.2, 0.25) is 5.02 Å². The van der Waals surface area contributed by atoms with Crippen LogP contribution in [-0.2, 0) is 11.3 Å². The molecular formula is C21H23ClN4O2S. The van der Waals surface area contributed by atoms with Crippen molar-refractivity contribution in [1.29, 1.82) is 5.26 Å². The van der Waals surface area contributed by atoms with Crippen LogP contribution in [0.3, 0.4) is 0 Å². The predicted molar refractivity (Wildman–Crippen MR) is 116 cm³/mol. The van der Waals surface area contributed by atoms with Gasteiger partial charge in [0.15, 0.2) is 5.16 Å². The zero-order valence-electron chi connectivity index (χ0n) is 16.3. The molecule has 1 aromatic carbocycles. The van der Waals surface area contributed by atoms with Crippen molar-refractivity contribution in [3.63, 3.8) is 0 Å². The molecule has 1 aliphatic rings. The summed E-state index contributed by atoms with van der Waals surface area (Å²) in [6.45, 7) is 5.73. The summed E-state index contributed by atoms with van der Waals surface area (Å²) in [5.41, 5.74) is -0.498. The number of amides is 1. The maximum atomic E-state index is 12.9. The Balaban J connectivity index is 1.88. The number of aromatic nitrogens is 2. The summed E-state index contributed by atoms with van der Waals surface area (Å²) in [6, 6.07) is 7.27. The van der Waals surface area contributed by atoms with Crippen LogP contribution in [0, 0.1) is 11.3 Å². The van der Waals surface area contributed by atoms with Gasteiger partial charge in [0.25, 0.3) is 5.56 Å². The Morgan fingerprint density at radius 2 is 2.21 bits per heavy atom. The van der Waals surface area contributed by atoms with Crippen LogP contribution in [0.25, 0.3) is 10.9 Å². The Bertz CT molecular complexity index is 1040. The summed E-state index contributed by atoms with van der Waals surface area (Å²) < 4.78 is 1.49. The van der Waals surface area contributed by atoms with Gasteiger partial charge in [0.1, 0.15) is 5.54 Å². The highest BCUT2D eigenvalue weighted by molar-refractivity contribution is 8.00. The average molecular weight is 431 g/mol. The molecule has 152 valence electrons. The summed E-state index contributed by atoms with van der Waals surface area (Å²) in [5.74, 6) is -0.228. The molecule has 1 N–H and O–H groups in total. The molecular weight excluding hydrogens is 408 g/mol. The summed E-state index contributed by atoms with van der Waals surface area (Å²) >= 11 is 7.22. The van der Waals surface area contributed by atoms with E-state index in [9.17, 15) is 14.9 Å². The van der Waals surface area contributed by atoms with Crippen molar-refractivity contribution in [3.05, 3.63) is 46.2 Å². The van der Waals surface area contributed by atoms with Crippen LogP contribution in [0.4, 0.5) is 0 Å². The van der Waals surface area contributed by atoms with E-state index >= 15 is 0 Å².